The lowest BCUT2D eigenvalue weighted by Gasteiger charge is -2.26. The van der Waals surface area contributed by atoms with Gasteiger partial charge in [0.1, 0.15) is 0 Å². The Kier molecular flexibility index (Phi) is 5.26. The van der Waals surface area contributed by atoms with Crippen LogP contribution in [0.2, 0.25) is 0 Å². The van der Waals surface area contributed by atoms with Crippen molar-refractivity contribution in [3.8, 4) is 0 Å². The molecule has 1 aliphatic rings. The molecular formula is C19H31N. The highest BCUT2D eigenvalue weighted by molar-refractivity contribution is 5.30. The third kappa shape index (κ3) is 3.85. The van der Waals surface area contributed by atoms with Crippen molar-refractivity contribution >= 4 is 0 Å². The number of hydrogen-bond donors (Lipinski definition) is 1. The standard InChI is InChI=1S/C19H31N/c1-19(2,3)17-12-10-16(11-13-17)18(14-20)15-8-6-4-5-7-9-15/h10-13,15,18H,4-9,14,20H2,1-3H3. The van der Waals surface area contributed by atoms with Gasteiger partial charge in [0.2, 0.25) is 0 Å². The van der Waals surface area contributed by atoms with Crippen molar-refractivity contribution in [2.24, 2.45) is 11.7 Å². The lowest BCUT2D eigenvalue weighted by Crippen LogP contribution is -2.21. The largest absolute Gasteiger partial charge is 0.330 e. The second-order valence-electron chi connectivity index (χ2n) is 7.47. The monoisotopic (exact) mass is 273 g/mol. The Morgan fingerprint density at radius 1 is 1.00 bits per heavy atom. The molecule has 1 fully saturated rings. The van der Waals surface area contributed by atoms with E-state index in [-0.39, 0.29) is 5.41 Å². The van der Waals surface area contributed by atoms with Crippen molar-refractivity contribution in [1.82, 2.24) is 0 Å². The molecule has 0 bridgehead atoms. The maximum absolute atomic E-state index is 6.11. The van der Waals surface area contributed by atoms with Crippen LogP contribution in [0.25, 0.3) is 0 Å². The van der Waals surface area contributed by atoms with Gasteiger partial charge in [-0.2, -0.15) is 0 Å². The first kappa shape index (κ1) is 15.6. The second-order valence-corrected chi connectivity index (χ2v) is 7.47. The average Bonchev–Trinajstić information content (AvgIpc) is 2.68. The zero-order valence-electron chi connectivity index (χ0n) is 13.5. The van der Waals surface area contributed by atoms with Crippen LogP contribution in [0.15, 0.2) is 24.3 Å². The third-order valence-electron chi connectivity index (χ3n) is 4.93. The summed E-state index contributed by atoms with van der Waals surface area (Å²) in [5.74, 6) is 1.35. The maximum atomic E-state index is 6.11. The van der Waals surface area contributed by atoms with Crippen LogP contribution in [0.5, 0.6) is 0 Å². The predicted octanol–water partition coefficient (Wildman–Crippen LogP) is 5.00. The lowest BCUT2D eigenvalue weighted by molar-refractivity contribution is 0.380. The van der Waals surface area contributed by atoms with Crippen LogP contribution in [-0.4, -0.2) is 6.54 Å². The summed E-state index contributed by atoms with van der Waals surface area (Å²) in [5.41, 5.74) is 9.21. The van der Waals surface area contributed by atoms with Crippen LogP contribution in [-0.2, 0) is 5.41 Å². The van der Waals surface area contributed by atoms with Crippen molar-refractivity contribution in [3.05, 3.63) is 35.4 Å². The summed E-state index contributed by atoms with van der Waals surface area (Å²) in [5, 5.41) is 0. The van der Waals surface area contributed by atoms with Crippen LogP contribution < -0.4 is 5.73 Å². The first-order chi connectivity index (χ1) is 9.52. The Morgan fingerprint density at radius 3 is 2.00 bits per heavy atom. The minimum atomic E-state index is 0.235. The molecule has 0 saturated heterocycles. The van der Waals surface area contributed by atoms with E-state index in [9.17, 15) is 0 Å². The summed E-state index contributed by atoms with van der Waals surface area (Å²) in [4.78, 5) is 0. The van der Waals surface area contributed by atoms with Crippen molar-refractivity contribution in [3.63, 3.8) is 0 Å². The van der Waals surface area contributed by atoms with Crippen LogP contribution in [0, 0.1) is 5.92 Å². The van der Waals surface area contributed by atoms with Gasteiger partial charge >= 0.3 is 0 Å². The summed E-state index contributed by atoms with van der Waals surface area (Å²) < 4.78 is 0. The number of nitrogens with two attached hydrogens (primary N) is 1. The Morgan fingerprint density at radius 2 is 1.55 bits per heavy atom. The van der Waals surface area contributed by atoms with Crippen molar-refractivity contribution in [2.75, 3.05) is 6.54 Å². The predicted molar refractivity (Wildman–Crippen MR) is 88.1 cm³/mol. The Bertz CT molecular complexity index is 391. The molecule has 1 aliphatic carbocycles. The summed E-state index contributed by atoms with van der Waals surface area (Å²) in [6, 6.07) is 9.25. The molecule has 1 nitrogen and oxygen atoms in total. The molecule has 0 heterocycles. The van der Waals surface area contributed by atoms with E-state index in [1.807, 2.05) is 0 Å². The summed E-state index contributed by atoms with van der Waals surface area (Å²) >= 11 is 0. The van der Waals surface area contributed by atoms with E-state index < -0.39 is 0 Å². The second kappa shape index (κ2) is 6.76. The topological polar surface area (TPSA) is 26.0 Å². The van der Waals surface area contributed by atoms with Crippen molar-refractivity contribution in [2.45, 2.75) is 70.6 Å². The minimum Gasteiger partial charge on any atom is -0.330 e. The molecule has 0 aliphatic heterocycles. The Labute approximate surface area is 125 Å². The van der Waals surface area contributed by atoms with Gasteiger partial charge in [-0.15, -0.1) is 0 Å². The van der Waals surface area contributed by atoms with Gasteiger partial charge < -0.3 is 5.73 Å². The van der Waals surface area contributed by atoms with Gasteiger partial charge in [-0.25, -0.2) is 0 Å². The highest BCUT2D eigenvalue weighted by Crippen LogP contribution is 2.35. The molecule has 1 unspecified atom stereocenters. The molecular weight excluding hydrogens is 242 g/mol. The fraction of sp³-hybridized carbons (Fsp3) is 0.684. The van der Waals surface area contributed by atoms with Gasteiger partial charge in [-0.05, 0) is 47.8 Å². The van der Waals surface area contributed by atoms with Crippen LogP contribution in [0.3, 0.4) is 0 Å². The third-order valence-corrected chi connectivity index (χ3v) is 4.93. The number of rotatable bonds is 3. The quantitative estimate of drug-likeness (QED) is 0.771. The van der Waals surface area contributed by atoms with Gasteiger partial charge in [0.25, 0.3) is 0 Å². The molecule has 2 rings (SSSR count). The molecule has 0 amide bonds. The summed E-state index contributed by atoms with van der Waals surface area (Å²) in [6.45, 7) is 7.61. The Hall–Kier alpha value is -0.820. The smallest absolute Gasteiger partial charge is 0.000556 e. The van der Waals surface area contributed by atoms with Crippen molar-refractivity contribution in [1.29, 1.82) is 0 Å². The highest BCUT2D eigenvalue weighted by Gasteiger charge is 2.23. The van der Waals surface area contributed by atoms with E-state index in [2.05, 4.69) is 45.0 Å². The van der Waals surface area contributed by atoms with Crippen molar-refractivity contribution < 1.29 is 0 Å². The zero-order chi connectivity index (χ0) is 14.6. The van der Waals surface area contributed by atoms with E-state index in [4.69, 9.17) is 5.73 Å². The first-order valence-corrected chi connectivity index (χ1v) is 8.33. The fourth-order valence-electron chi connectivity index (χ4n) is 3.54. The summed E-state index contributed by atoms with van der Waals surface area (Å²) in [6.07, 6.45) is 8.34. The molecule has 1 aromatic rings. The lowest BCUT2D eigenvalue weighted by atomic mass is 9.80. The van der Waals surface area contributed by atoms with E-state index in [0.29, 0.717) is 5.92 Å². The Balaban J connectivity index is 2.14. The van der Waals surface area contributed by atoms with Gasteiger partial charge in [-0.3, -0.25) is 0 Å². The molecule has 0 spiro atoms. The summed E-state index contributed by atoms with van der Waals surface area (Å²) in [7, 11) is 0. The zero-order valence-corrected chi connectivity index (χ0v) is 13.5. The SMILES string of the molecule is CC(C)(C)c1ccc(C(CN)C2CCCCCC2)cc1. The molecule has 2 N–H and O–H groups in total. The minimum absolute atomic E-state index is 0.235. The van der Waals surface area contributed by atoms with E-state index in [1.54, 1.807) is 0 Å². The first-order valence-electron chi connectivity index (χ1n) is 8.33. The molecule has 1 atom stereocenters. The molecule has 1 heteroatoms. The van der Waals surface area contributed by atoms with E-state index in [0.717, 1.165) is 12.5 Å². The molecule has 20 heavy (non-hydrogen) atoms. The normalized spacial score (nSPS) is 19.6. The van der Waals surface area contributed by atoms with Gasteiger partial charge in [-0.1, -0.05) is 70.7 Å². The fourth-order valence-corrected chi connectivity index (χ4v) is 3.54. The van der Waals surface area contributed by atoms with Gasteiger partial charge in [0.15, 0.2) is 0 Å². The molecule has 112 valence electrons. The van der Waals surface area contributed by atoms with Crippen LogP contribution in [0.1, 0.15) is 76.3 Å². The van der Waals surface area contributed by atoms with E-state index >= 15 is 0 Å². The molecule has 1 saturated carbocycles. The highest BCUT2D eigenvalue weighted by atomic mass is 14.6. The van der Waals surface area contributed by atoms with Crippen LogP contribution in [0.4, 0.5) is 0 Å². The molecule has 1 aromatic carbocycles. The average molecular weight is 273 g/mol. The maximum Gasteiger partial charge on any atom is -0.000556 e. The van der Waals surface area contributed by atoms with E-state index in [1.165, 1.54) is 49.7 Å². The van der Waals surface area contributed by atoms with Crippen LogP contribution >= 0.6 is 0 Å². The number of benzene rings is 1. The molecule has 0 radical (unpaired) electrons. The molecule has 0 aromatic heterocycles. The van der Waals surface area contributed by atoms with Gasteiger partial charge in [0.05, 0.1) is 0 Å². The number of hydrogen-bond acceptors (Lipinski definition) is 1. The van der Waals surface area contributed by atoms with Gasteiger partial charge in [0, 0.05) is 0 Å².